The Morgan fingerprint density at radius 2 is 1.85 bits per heavy atom. The van der Waals surface area contributed by atoms with Gasteiger partial charge in [-0.05, 0) is 36.8 Å². The van der Waals surface area contributed by atoms with Crippen molar-refractivity contribution in [2.75, 3.05) is 6.61 Å². The van der Waals surface area contributed by atoms with Gasteiger partial charge in [0.1, 0.15) is 5.75 Å². The quantitative estimate of drug-likeness (QED) is 0.725. The average molecular weight is 309 g/mol. The molecule has 104 valence electrons. The summed E-state index contributed by atoms with van der Waals surface area (Å²) in [4.78, 5) is 12.5. The Bertz CT molecular complexity index is 624. The zero-order chi connectivity index (χ0) is 14.5. The van der Waals surface area contributed by atoms with Gasteiger partial charge in [-0.1, -0.05) is 42.3 Å². The van der Waals surface area contributed by atoms with Crippen LogP contribution in [-0.4, -0.2) is 12.4 Å². The summed E-state index contributed by atoms with van der Waals surface area (Å²) in [6, 6.07) is 12.0. The number of rotatable bonds is 5. The van der Waals surface area contributed by atoms with Gasteiger partial charge in [-0.25, -0.2) is 0 Å². The van der Waals surface area contributed by atoms with Crippen LogP contribution in [0.1, 0.15) is 29.3 Å². The van der Waals surface area contributed by atoms with Crippen LogP contribution in [0.5, 0.6) is 5.75 Å². The molecular weight excluding hydrogens is 295 g/mol. The molecule has 0 heterocycles. The van der Waals surface area contributed by atoms with E-state index in [1.54, 1.807) is 30.3 Å². The Morgan fingerprint density at radius 3 is 2.55 bits per heavy atom. The third kappa shape index (κ3) is 3.33. The van der Waals surface area contributed by atoms with E-state index >= 15 is 0 Å². The molecule has 0 aliphatic heterocycles. The van der Waals surface area contributed by atoms with Gasteiger partial charge in [0, 0.05) is 5.56 Å². The fourth-order valence-corrected chi connectivity index (χ4v) is 2.08. The van der Waals surface area contributed by atoms with Gasteiger partial charge < -0.3 is 4.74 Å². The minimum Gasteiger partial charge on any atom is -0.493 e. The summed E-state index contributed by atoms with van der Waals surface area (Å²) in [5.41, 5.74) is 1.02. The smallest absolute Gasteiger partial charge is 0.196 e. The maximum Gasteiger partial charge on any atom is 0.196 e. The Kier molecular flexibility index (Phi) is 5.05. The number of hydrogen-bond donors (Lipinski definition) is 0. The maximum absolute atomic E-state index is 12.5. The summed E-state index contributed by atoms with van der Waals surface area (Å²) < 4.78 is 5.60. The monoisotopic (exact) mass is 308 g/mol. The van der Waals surface area contributed by atoms with E-state index in [2.05, 4.69) is 0 Å². The zero-order valence-corrected chi connectivity index (χ0v) is 12.5. The van der Waals surface area contributed by atoms with Crippen molar-refractivity contribution in [2.45, 2.75) is 13.3 Å². The molecule has 0 saturated carbocycles. The Labute approximate surface area is 128 Å². The molecule has 0 N–H and O–H groups in total. The van der Waals surface area contributed by atoms with E-state index in [0.29, 0.717) is 33.5 Å². The molecule has 0 bridgehead atoms. The molecule has 0 radical (unpaired) electrons. The number of para-hydroxylation sites is 1. The summed E-state index contributed by atoms with van der Waals surface area (Å²) in [6.07, 6.45) is 0.884. The normalized spacial score (nSPS) is 10.3. The van der Waals surface area contributed by atoms with Crippen LogP contribution in [0.2, 0.25) is 10.0 Å². The lowest BCUT2D eigenvalue weighted by Crippen LogP contribution is -2.06. The van der Waals surface area contributed by atoms with E-state index in [0.717, 1.165) is 6.42 Å². The molecular formula is C16H14Cl2O2. The first-order chi connectivity index (χ1) is 9.63. The van der Waals surface area contributed by atoms with Crippen molar-refractivity contribution in [1.82, 2.24) is 0 Å². The molecule has 4 heteroatoms. The second-order valence-electron chi connectivity index (χ2n) is 4.30. The topological polar surface area (TPSA) is 26.3 Å². The van der Waals surface area contributed by atoms with Gasteiger partial charge in [-0.15, -0.1) is 0 Å². The molecule has 0 atom stereocenters. The standard InChI is InChI=1S/C16H14Cl2O2/c1-2-9-20-15-6-4-3-5-12(15)16(19)11-7-8-13(17)14(18)10-11/h3-8,10H,2,9H2,1H3. The van der Waals surface area contributed by atoms with Crippen LogP contribution in [0.15, 0.2) is 42.5 Å². The van der Waals surface area contributed by atoms with Gasteiger partial charge >= 0.3 is 0 Å². The van der Waals surface area contributed by atoms with Crippen LogP contribution in [0.4, 0.5) is 0 Å². The van der Waals surface area contributed by atoms with E-state index in [1.807, 2.05) is 19.1 Å². The highest BCUT2D eigenvalue weighted by Crippen LogP contribution is 2.26. The van der Waals surface area contributed by atoms with Crippen LogP contribution < -0.4 is 4.74 Å². The van der Waals surface area contributed by atoms with Gasteiger partial charge in [-0.3, -0.25) is 4.79 Å². The summed E-state index contributed by atoms with van der Waals surface area (Å²) in [5, 5.41) is 0.795. The number of ether oxygens (including phenoxy) is 1. The van der Waals surface area contributed by atoms with Crippen LogP contribution in [0.25, 0.3) is 0 Å². The van der Waals surface area contributed by atoms with Gasteiger partial charge in [0.2, 0.25) is 0 Å². The molecule has 2 aromatic carbocycles. The van der Waals surface area contributed by atoms with E-state index in [4.69, 9.17) is 27.9 Å². The predicted octanol–water partition coefficient (Wildman–Crippen LogP) is 5.01. The fourth-order valence-electron chi connectivity index (χ4n) is 1.78. The second kappa shape index (κ2) is 6.78. The minimum atomic E-state index is -0.129. The van der Waals surface area contributed by atoms with Crippen molar-refractivity contribution in [3.8, 4) is 5.75 Å². The summed E-state index contributed by atoms with van der Waals surface area (Å²) in [7, 11) is 0. The first kappa shape index (κ1) is 14.9. The number of carbonyl (C=O) groups is 1. The fraction of sp³-hybridized carbons (Fsp3) is 0.188. The van der Waals surface area contributed by atoms with E-state index in [9.17, 15) is 4.79 Å². The van der Waals surface area contributed by atoms with Gasteiger partial charge in [-0.2, -0.15) is 0 Å². The van der Waals surface area contributed by atoms with Crippen LogP contribution in [-0.2, 0) is 0 Å². The number of hydrogen-bond acceptors (Lipinski definition) is 2. The van der Waals surface area contributed by atoms with Crippen LogP contribution in [0.3, 0.4) is 0 Å². The van der Waals surface area contributed by atoms with Crippen molar-refractivity contribution in [3.05, 3.63) is 63.6 Å². The Morgan fingerprint density at radius 1 is 1.10 bits per heavy atom. The number of ketones is 1. The van der Waals surface area contributed by atoms with Crippen molar-refractivity contribution in [1.29, 1.82) is 0 Å². The largest absolute Gasteiger partial charge is 0.493 e. The lowest BCUT2D eigenvalue weighted by molar-refractivity contribution is 0.103. The van der Waals surface area contributed by atoms with Crippen molar-refractivity contribution >= 4 is 29.0 Å². The lowest BCUT2D eigenvalue weighted by atomic mass is 10.0. The Hall–Kier alpha value is -1.51. The SMILES string of the molecule is CCCOc1ccccc1C(=O)c1ccc(Cl)c(Cl)c1. The van der Waals surface area contributed by atoms with Crippen molar-refractivity contribution < 1.29 is 9.53 Å². The van der Waals surface area contributed by atoms with Gasteiger partial charge in [0.25, 0.3) is 0 Å². The zero-order valence-electron chi connectivity index (χ0n) is 11.0. The Balaban J connectivity index is 2.35. The number of halogens is 2. The molecule has 0 aliphatic rings. The van der Waals surface area contributed by atoms with Gasteiger partial charge in [0.05, 0.1) is 22.2 Å². The number of benzene rings is 2. The summed E-state index contributed by atoms with van der Waals surface area (Å²) >= 11 is 11.8. The molecule has 0 spiro atoms. The first-order valence-corrected chi connectivity index (χ1v) is 7.10. The molecule has 0 aliphatic carbocycles. The second-order valence-corrected chi connectivity index (χ2v) is 5.12. The molecule has 2 rings (SSSR count). The van der Waals surface area contributed by atoms with Crippen LogP contribution >= 0.6 is 23.2 Å². The lowest BCUT2D eigenvalue weighted by Gasteiger charge is -2.10. The number of carbonyl (C=O) groups excluding carboxylic acids is 1. The minimum absolute atomic E-state index is 0.129. The molecule has 0 unspecified atom stereocenters. The third-order valence-corrected chi connectivity index (χ3v) is 3.51. The highest BCUT2D eigenvalue weighted by atomic mass is 35.5. The van der Waals surface area contributed by atoms with Gasteiger partial charge in [0.15, 0.2) is 5.78 Å². The van der Waals surface area contributed by atoms with E-state index in [-0.39, 0.29) is 5.78 Å². The molecule has 0 amide bonds. The van der Waals surface area contributed by atoms with Crippen molar-refractivity contribution in [2.24, 2.45) is 0 Å². The van der Waals surface area contributed by atoms with Crippen molar-refractivity contribution in [3.63, 3.8) is 0 Å². The molecule has 0 saturated heterocycles. The third-order valence-electron chi connectivity index (χ3n) is 2.78. The van der Waals surface area contributed by atoms with E-state index in [1.165, 1.54) is 0 Å². The summed E-state index contributed by atoms with van der Waals surface area (Å²) in [5.74, 6) is 0.459. The highest BCUT2D eigenvalue weighted by Gasteiger charge is 2.15. The molecule has 0 aromatic heterocycles. The van der Waals surface area contributed by atoms with E-state index < -0.39 is 0 Å². The van der Waals surface area contributed by atoms with Crippen LogP contribution in [0, 0.1) is 0 Å². The molecule has 2 aromatic rings. The molecule has 2 nitrogen and oxygen atoms in total. The molecule has 0 fully saturated rings. The maximum atomic E-state index is 12.5. The molecule has 20 heavy (non-hydrogen) atoms. The average Bonchev–Trinajstić information content (AvgIpc) is 2.47. The predicted molar refractivity (Wildman–Crippen MR) is 82.1 cm³/mol. The highest BCUT2D eigenvalue weighted by molar-refractivity contribution is 6.42. The first-order valence-electron chi connectivity index (χ1n) is 6.35. The summed E-state index contributed by atoms with van der Waals surface area (Å²) in [6.45, 7) is 2.59.